The van der Waals surface area contributed by atoms with E-state index in [0.717, 1.165) is 24.8 Å². The Morgan fingerprint density at radius 1 is 1.40 bits per heavy atom. The number of anilines is 1. The molecule has 2 rings (SSSR count). The van der Waals surface area contributed by atoms with Gasteiger partial charge >= 0.3 is 0 Å². The highest BCUT2D eigenvalue weighted by atomic mass is 32.2. The van der Waals surface area contributed by atoms with Gasteiger partial charge in [-0.1, -0.05) is 19.4 Å². The molecular weight excluding hydrogens is 276 g/mol. The first-order valence-corrected chi connectivity index (χ1v) is 8.48. The maximum Gasteiger partial charge on any atom is 0.241 e. The molecule has 1 aromatic carbocycles. The molecule has 1 fully saturated rings. The summed E-state index contributed by atoms with van der Waals surface area (Å²) >= 11 is 0. The van der Waals surface area contributed by atoms with E-state index in [-0.39, 0.29) is 23.5 Å². The van der Waals surface area contributed by atoms with Crippen LogP contribution in [0, 0.1) is 5.92 Å². The lowest BCUT2D eigenvalue weighted by atomic mass is 10.1. The Labute approximate surface area is 120 Å². The molecule has 5 nitrogen and oxygen atoms in total. The van der Waals surface area contributed by atoms with E-state index in [1.165, 1.54) is 6.07 Å². The highest BCUT2D eigenvalue weighted by molar-refractivity contribution is 7.89. The molecular formula is C14H22N2O3S. The van der Waals surface area contributed by atoms with Gasteiger partial charge in [0.1, 0.15) is 0 Å². The Morgan fingerprint density at radius 3 is 2.80 bits per heavy atom. The fourth-order valence-electron chi connectivity index (χ4n) is 2.79. The molecule has 20 heavy (non-hydrogen) atoms. The van der Waals surface area contributed by atoms with Crippen molar-refractivity contribution in [3.63, 3.8) is 0 Å². The summed E-state index contributed by atoms with van der Waals surface area (Å²) < 4.78 is 27.8. The Morgan fingerprint density at radius 2 is 2.15 bits per heavy atom. The number of benzene rings is 1. The van der Waals surface area contributed by atoms with Gasteiger partial charge in [0.15, 0.2) is 0 Å². The average Bonchev–Trinajstić information content (AvgIpc) is 2.85. The minimum absolute atomic E-state index is 0.0101. The molecule has 0 spiro atoms. The van der Waals surface area contributed by atoms with E-state index >= 15 is 0 Å². The van der Waals surface area contributed by atoms with Gasteiger partial charge in [0, 0.05) is 18.3 Å². The van der Waals surface area contributed by atoms with Gasteiger partial charge in [-0.2, -0.15) is 0 Å². The minimum Gasteiger partial charge on any atom is -0.399 e. The van der Waals surface area contributed by atoms with E-state index in [9.17, 15) is 13.5 Å². The van der Waals surface area contributed by atoms with Crippen LogP contribution < -0.4 is 10.5 Å². The van der Waals surface area contributed by atoms with E-state index in [1.54, 1.807) is 12.1 Å². The van der Waals surface area contributed by atoms with Crippen molar-refractivity contribution in [3.05, 3.63) is 23.8 Å². The van der Waals surface area contributed by atoms with Gasteiger partial charge < -0.3 is 10.8 Å². The predicted octanol–water partition coefficient (Wildman–Crippen LogP) is 1.27. The third kappa shape index (κ3) is 3.13. The largest absolute Gasteiger partial charge is 0.399 e. The third-order valence-electron chi connectivity index (χ3n) is 3.96. The van der Waals surface area contributed by atoms with E-state index in [0.29, 0.717) is 12.1 Å². The van der Waals surface area contributed by atoms with Crippen molar-refractivity contribution in [2.24, 2.45) is 5.92 Å². The van der Waals surface area contributed by atoms with Crippen LogP contribution in [-0.4, -0.2) is 26.2 Å². The van der Waals surface area contributed by atoms with Crippen molar-refractivity contribution in [1.29, 1.82) is 0 Å². The molecule has 0 radical (unpaired) electrons. The monoisotopic (exact) mass is 298 g/mol. The van der Waals surface area contributed by atoms with Crippen molar-refractivity contribution in [3.8, 4) is 0 Å². The third-order valence-corrected chi connectivity index (χ3v) is 5.53. The molecule has 2 atom stereocenters. The van der Waals surface area contributed by atoms with Gasteiger partial charge in [-0.3, -0.25) is 0 Å². The molecule has 1 saturated carbocycles. The molecule has 1 aromatic rings. The van der Waals surface area contributed by atoms with Crippen molar-refractivity contribution in [2.45, 2.75) is 43.5 Å². The Hall–Kier alpha value is -1.11. The summed E-state index contributed by atoms with van der Waals surface area (Å²) in [6, 6.07) is 4.78. The molecule has 2 unspecified atom stereocenters. The molecule has 6 heteroatoms. The van der Waals surface area contributed by atoms with E-state index in [1.807, 2.05) is 6.92 Å². The van der Waals surface area contributed by atoms with Crippen molar-refractivity contribution in [1.82, 2.24) is 4.72 Å². The van der Waals surface area contributed by atoms with Crippen LogP contribution in [0.25, 0.3) is 0 Å². The van der Waals surface area contributed by atoms with Gasteiger partial charge in [0.2, 0.25) is 10.0 Å². The summed E-state index contributed by atoms with van der Waals surface area (Å²) in [6.45, 7) is 1.93. The van der Waals surface area contributed by atoms with Crippen LogP contribution in [0.15, 0.2) is 23.1 Å². The smallest absolute Gasteiger partial charge is 0.241 e. The van der Waals surface area contributed by atoms with Gasteiger partial charge in [-0.15, -0.1) is 0 Å². The van der Waals surface area contributed by atoms with Crippen LogP contribution in [0.3, 0.4) is 0 Å². The van der Waals surface area contributed by atoms with Crippen molar-refractivity contribution in [2.75, 3.05) is 12.3 Å². The molecule has 0 heterocycles. The highest BCUT2D eigenvalue weighted by Crippen LogP contribution is 2.28. The first kappa shape index (κ1) is 15.3. The molecule has 0 aromatic heterocycles. The Kier molecular flexibility index (Phi) is 4.67. The molecule has 0 aliphatic heterocycles. The molecule has 112 valence electrons. The maximum atomic E-state index is 12.5. The fourth-order valence-corrected chi connectivity index (χ4v) is 4.47. The number of aryl methyl sites for hydroxylation is 1. The topological polar surface area (TPSA) is 92.4 Å². The second-order valence-corrected chi connectivity index (χ2v) is 7.00. The van der Waals surface area contributed by atoms with Gasteiger partial charge in [0.25, 0.3) is 0 Å². The first-order valence-electron chi connectivity index (χ1n) is 6.99. The van der Waals surface area contributed by atoms with Crippen LogP contribution in [0.1, 0.15) is 31.7 Å². The molecule has 4 N–H and O–H groups in total. The van der Waals surface area contributed by atoms with Crippen molar-refractivity contribution < 1.29 is 13.5 Å². The number of rotatable bonds is 5. The molecule has 0 amide bonds. The maximum absolute atomic E-state index is 12.5. The predicted molar refractivity (Wildman–Crippen MR) is 78.8 cm³/mol. The van der Waals surface area contributed by atoms with E-state index in [4.69, 9.17) is 5.73 Å². The molecule has 0 bridgehead atoms. The van der Waals surface area contributed by atoms with Gasteiger partial charge in [-0.05, 0) is 42.9 Å². The van der Waals surface area contributed by atoms with Crippen LogP contribution in [-0.2, 0) is 16.4 Å². The van der Waals surface area contributed by atoms with E-state index in [2.05, 4.69) is 4.72 Å². The first-order chi connectivity index (χ1) is 9.47. The summed E-state index contributed by atoms with van der Waals surface area (Å²) in [6.07, 6.45) is 3.20. The van der Waals surface area contributed by atoms with Crippen molar-refractivity contribution >= 4 is 15.7 Å². The second kappa shape index (κ2) is 6.11. The molecule has 1 aliphatic rings. The van der Waals surface area contributed by atoms with Crippen LogP contribution in [0.4, 0.5) is 5.69 Å². The van der Waals surface area contributed by atoms with Gasteiger partial charge in [0.05, 0.1) is 4.90 Å². The lowest BCUT2D eigenvalue weighted by molar-refractivity contribution is 0.213. The molecule has 0 saturated heterocycles. The second-order valence-electron chi connectivity index (χ2n) is 5.32. The molecule has 1 aliphatic carbocycles. The SMILES string of the molecule is CCc1ccc(N)cc1S(=O)(=O)NC1CCCC1CO. The number of nitrogens with two attached hydrogens (primary N) is 1. The lowest BCUT2D eigenvalue weighted by Crippen LogP contribution is -2.38. The minimum atomic E-state index is -3.59. The van der Waals surface area contributed by atoms with E-state index < -0.39 is 10.0 Å². The van der Waals surface area contributed by atoms with Crippen LogP contribution >= 0.6 is 0 Å². The summed E-state index contributed by atoms with van der Waals surface area (Å²) in [5.74, 6) is 0.0101. The zero-order chi connectivity index (χ0) is 14.8. The van der Waals surface area contributed by atoms with Crippen LogP contribution in [0.5, 0.6) is 0 Å². The highest BCUT2D eigenvalue weighted by Gasteiger charge is 2.31. The number of aliphatic hydroxyl groups excluding tert-OH is 1. The number of sulfonamides is 1. The van der Waals surface area contributed by atoms with Gasteiger partial charge in [-0.25, -0.2) is 13.1 Å². The number of hydrogen-bond donors (Lipinski definition) is 3. The Bertz CT molecular complexity index is 572. The average molecular weight is 298 g/mol. The fraction of sp³-hybridized carbons (Fsp3) is 0.571. The number of nitrogen functional groups attached to an aromatic ring is 1. The quantitative estimate of drug-likeness (QED) is 0.714. The number of hydrogen-bond acceptors (Lipinski definition) is 4. The Balaban J connectivity index is 2.28. The normalized spacial score (nSPS) is 23.1. The van der Waals surface area contributed by atoms with Crippen LogP contribution in [0.2, 0.25) is 0 Å². The summed E-state index contributed by atoms with van der Waals surface area (Å²) in [5, 5.41) is 9.29. The lowest BCUT2D eigenvalue weighted by Gasteiger charge is -2.20. The zero-order valence-corrected chi connectivity index (χ0v) is 12.5. The zero-order valence-electron chi connectivity index (χ0n) is 11.7. The number of nitrogens with one attached hydrogen (secondary N) is 1. The standard InChI is InChI=1S/C14H22N2O3S/c1-2-10-6-7-12(15)8-14(10)20(18,19)16-13-5-3-4-11(13)9-17/h6-8,11,13,16-17H,2-5,9,15H2,1H3. The number of aliphatic hydroxyl groups is 1. The summed E-state index contributed by atoms with van der Waals surface area (Å²) in [4.78, 5) is 0.253. The summed E-state index contributed by atoms with van der Waals surface area (Å²) in [5.41, 5.74) is 6.90. The summed E-state index contributed by atoms with van der Waals surface area (Å²) in [7, 11) is -3.59.